The first-order valence-corrected chi connectivity index (χ1v) is 9.93. The SMILES string of the molecule is O=C1c2cccc(-c3ncco3)c2CN1CC1C[C@H]1c1cc2ccccc2cn1. The molecule has 0 radical (unpaired) electrons. The lowest BCUT2D eigenvalue weighted by Crippen LogP contribution is -2.26. The van der Waals surface area contributed by atoms with Gasteiger partial charge in [0.1, 0.15) is 6.26 Å². The number of amides is 1. The summed E-state index contributed by atoms with van der Waals surface area (Å²) >= 11 is 0. The maximum absolute atomic E-state index is 13.0. The van der Waals surface area contributed by atoms with Crippen LogP contribution < -0.4 is 0 Å². The Labute approximate surface area is 168 Å². The molecule has 4 aromatic rings. The normalized spacial score (nSPS) is 20.3. The average molecular weight is 381 g/mol. The van der Waals surface area contributed by atoms with Crippen LogP contribution in [0.15, 0.2) is 71.6 Å². The molecule has 6 rings (SSSR count). The van der Waals surface area contributed by atoms with Gasteiger partial charge < -0.3 is 9.32 Å². The Bertz CT molecular complexity index is 1230. The van der Waals surface area contributed by atoms with E-state index in [0.717, 1.165) is 40.7 Å². The van der Waals surface area contributed by atoms with Gasteiger partial charge in [-0.1, -0.05) is 30.3 Å². The molecule has 1 unspecified atom stereocenters. The average Bonchev–Trinajstić information content (AvgIpc) is 3.16. The first-order valence-electron chi connectivity index (χ1n) is 9.93. The zero-order chi connectivity index (χ0) is 19.4. The summed E-state index contributed by atoms with van der Waals surface area (Å²) in [5, 5.41) is 2.39. The molecule has 29 heavy (non-hydrogen) atoms. The molecule has 2 atom stereocenters. The highest BCUT2D eigenvalue weighted by Crippen LogP contribution is 2.48. The molecular weight excluding hydrogens is 362 g/mol. The van der Waals surface area contributed by atoms with Gasteiger partial charge in [-0.15, -0.1) is 0 Å². The van der Waals surface area contributed by atoms with Crippen molar-refractivity contribution in [3.05, 3.63) is 84.0 Å². The first kappa shape index (κ1) is 16.5. The van der Waals surface area contributed by atoms with Crippen LogP contribution in [0.4, 0.5) is 0 Å². The van der Waals surface area contributed by atoms with Crippen LogP contribution in [0, 0.1) is 5.92 Å². The van der Waals surface area contributed by atoms with E-state index in [1.54, 1.807) is 12.5 Å². The summed E-state index contributed by atoms with van der Waals surface area (Å²) in [4.78, 5) is 23.9. The zero-order valence-electron chi connectivity index (χ0n) is 15.8. The molecule has 5 nitrogen and oxygen atoms in total. The maximum atomic E-state index is 13.0. The highest BCUT2D eigenvalue weighted by Gasteiger charge is 2.43. The van der Waals surface area contributed by atoms with Gasteiger partial charge >= 0.3 is 0 Å². The fourth-order valence-corrected chi connectivity index (χ4v) is 4.49. The molecular formula is C24H19N3O2. The third kappa shape index (κ3) is 2.73. The molecule has 5 heteroatoms. The Morgan fingerprint density at radius 2 is 1.90 bits per heavy atom. The minimum Gasteiger partial charge on any atom is -0.445 e. The fourth-order valence-electron chi connectivity index (χ4n) is 4.49. The Balaban J connectivity index is 1.21. The minimum absolute atomic E-state index is 0.102. The molecule has 2 aliphatic rings. The molecule has 2 aromatic heterocycles. The van der Waals surface area contributed by atoms with Gasteiger partial charge in [0, 0.05) is 47.4 Å². The second-order valence-electron chi connectivity index (χ2n) is 7.91. The number of hydrogen-bond acceptors (Lipinski definition) is 4. The number of carbonyl (C=O) groups is 1. The number of oxazole rings is 1. The van der Waals surface area contributed by atoms with Crippen LogP contribution in [0.2, 0.25) is 0 Å². The van der Waals surface area contributed by atoms with Gasteiger partial charge in [-0.3, -0.25) is 9.78 Å². The van der Waals surface area contributed by atoms with E-state index in [1.807, 2.05) is 35.4 Å². The summed E-state index contributed by atoms with van der Waals surface area (Å²) in [7, 11) is 0. The van der Waals surface area contributed by atoms with Crippen LogP contribution in [0.1, 0.15) is 34.0 Å². The van der Waals surface area contributed by atoms with Crippen molar-refractivity contribution < 1.29 is 9.21 Å². The molecule has 0 spiro atoms. The van der Waals surface area contributed by atoms with Crippen LogP contribution in [-0.2, 0) is 6.54 Å². The van der Waals surface area contributed by atoms with Crippen molar-refractivity contribution in [1.82, 2.24) is 14.9 Å². The summed E-state index contributed by atoms with van der Waals surface area (Å²) < 4.78 is 5.47. The number of carbonyl (C=O) groups excluding carboxylic acids is 1. The van der Waals surface area contributed by atoms with Crippen molar-refractivity contribution in [2.24, 2.45) is 5.92 Å². The van der Waals surface area contributed by atoms with Crippen molar-refractivity contribution in [3.63, 3.8) is 0 Å². The van der Waals surface area contributed by atoms with Crippen molar-refractivity contribution in [2.75, 3.05) is 6.54 Å². The van der Waals surface area contributed by atoms with Gasteiger partial charge in [0.15, 0.2) is 0 Å². The predicted octanol–water partition coefficient (Wildman–Crippen LogP) is 4.65. The van der Waals surface area contributed by atoms with E-state index >= 15 is 0 Å². The molecule has 3 heterocycles. The summed E-state index contributed by atoms with van der Waals surface area (Å²) in [5.74, 6) is 1.57. The molecule has 1 fully saturated rings. The highest BCUT2D eigenvalue weighted by atomic mass is 16.3. The molecule has 1 amide bonds. The van der Waals surface area contributed by atoms with E-state index in [-0.39, 0.29) is 5.91 Å². The highest BCUT2D eigenvalue weighted by molar-refractivity contribution is 6.00. The van der Waals surface area contributed by atoms with Crippen LogP contribution in [0.25, 0.3) is 22.2 Å². The number of fused-ring (bicyclic) bond motifs is 2. The predicted molar refractivity (Wildman–Crippen MR) is 109 cm³/mol. The zero-order valence-corrected chi connectivity index (χ0v) is 15.8. The van der Waals surface area contributed by atoms with E-state index in [1.165, 1.54) is 5.39 Å². The van der Waals surface area contributed by atoms with E-state index in [2.05, 4.69) is 34.2 Å². The van der Waals surface area contributed by atoms with E-state index < -0.39 is 0 Å². The van der Waals surface area contributed by atoms with Crippen LogP contribution in [-0.4, -0.2) is 27.3 Å². The molecule has 142 valence electrons. The van der Waals surface area contributed by atoms with Gasteiger partial charge in [0.05, 0.1) is 6.20 Å². The van der Waals surface area contributed by atoms with E-state index in [0.29, 0.717) is 24.3 Å². The molecule has 1 saturated carbocycles. The van der Waals surface area contributed by atoms with Gasteiger partial charge in [-0.05, 0) is 41.5 Å². The molecule has 0 saturated heterocycles. The van der Waals surface area contributed by atoms with E-state index in [9.17, 15) is 4.79 Å². The van der Waals surface area contributed by atoms with Crippen molar-refractivity contribution in [2.45, 2.75) is 18.9 Å². The lowest BCUT2D eigenvalue weighted by atomic mass is 10.0. The van der Waals surface area contributed by atoms with E-state index in [4.69, 9.17) is 4.42 Å². The lowest BCUT2D eigenvalue weighted by molar-refractivity contribution is 0.0770. The van der Waals surface area contributed by atoms with Crippen molar-refractivity contribution in [1.29, 1.82) is 0 Å². The number of nitrogens with zero attached hydrogens (tertiary/aromatic N) is 3. The fraction of sp³-hybridized carbons (Fsp3) is 0.208. The third-order valence-corrected chi connectivity index (χ3v) is 6.11. The molecule has 0 bridgehead atoms. The largest absolute Gasteiger partial charge is 0.445 e. The Hall–Kier alpha value is -3.47. The summed E-state index contributed by atoms with van der Waals surface area (Å²) in [6, 6.07) is 16.3. The van der Waals surface area contributed by atoms with Crippen molar-refractivity contribution in [3.8, 4) is 11.5 Å². The van der Waals surface area contributed by atoms with Crippen LogP contribution in [0.5, 0.6) is 0 Å². The minimum atomic E-state index is 0.102. The summed E-state index contributed by atoms with van der Waals surface area (Å²) in [6.45, 7) is 1.37. The molecule has 1 aliphatic carbocycles. The number of hydrogen-bond donors (Lipinski definition) is 0. The Morgan fingerprint density at radius 1 is 1.03 bits per heavy atom. The quantitative estimate of drug-likeness (QED) is 0.516. The van der Waals surface area contributed by atoms with Crippen LogP contribution >= 0.6 is 0 Å². The maximum Gasteiger partial charge on any atom is 0.254 e. The second-order valence-corrected chi connectivity index (χ2v) is 7.91. The number of benzene rings is 2. The molecule has 2 aromatic carbocycles. The molecule has 0 N–H and O–H groups in total. The van der Waals surface area contributed by atoms with Crippen molar-refractivity contribution >= 4 is 16.7 Å². The van der Waals surface area contributed by atoms with Gasteiger partial charge in [0.25, 0.3) is 5.91 Å². The second kappa shape index (κ2) is 6.27. The number of pyridine rings is 1. The standard InChI is InChI=1S/C24H19N3O2/c28-24-19-7-3-6-18(23-25-8-9-29-23)21(19)14-27(24)13-17-10-20(17)22-11-15-4-1-2-5-16(15)12-26-22/h1-9,11-12,17,20H,10,13-14H2/t17?,20-/m1/s1. The van der Waals surface area contributed by atoms with Gasteiger partial charge in [-0.25, -0.2) is 4.98 Å². The molecule has 1 aliphatic heterocycles. The number of aromatic nitrogens is 2. The Kier molecular flexibility index (Phi) is 3.57. The summed E-state index contributed by atoms with van der Waals surface area (Å²) in [6.07, 6.45) is 6.24. The lowest BCUT2D eigenvalue weighted by Gasteiger charge is -2.15. The van der Waals surface area contributed by atoms with Gasteiger partial charge in [-0.2, -0.15) is 0 Å². The Morgan fingerprint density at radius 3 is 2.76 bits per heavy atom. The summed E-state index contributed by atoms with van der Waals surface area (Å²) in [5.41, 5.74) is 3.83. The van der Waals surface area contributed by atoms with Crippen LogP contribution in [0.3, 0.4) is 0 Å². The van der Waals surface area contributed by atoms with Gasteiger partial charge in [0.2, 0.25) is 5.89 Å². The monoisotopic (exact) mass is 381 g/mol. The third-order valence-electron chi connectivity index (χ3n) is 6.11. The number of rotatable bonds is 4. The first-order chi connectivity index (χ1) is 14.3. The smallest absolute Gasteiger partial charge is 0.254 e. The topological polar surface area (TPSA) is 59.2 Å².